The van der Waals surface area contributed by atoms with Crippen LogP contribution in [0.2, 0.25) is 0 Å². The zero-order valence-electron chi connectivity index (χ0n) is 16.9. The molecular formula is C21H21ClN4O3S. The number of halogens is 1. The van der Waals surface area contributed by atoms with E-state index in [2.05, 4.69) is 22.0 Å². The van der Waals surface area contributed by atoms with Gasteiger partial charge in [0.15, 0.2) is 0 Å². The molecule has 0 radical (unpaired) electrons. The molecule has 2 aromatic heterocycles. The Morgan fingerprint density at radius 3 is 2.83 bits per heavy atom. The van der Waals surface area contributed by atoms with Gasteiger partial charge in [0, 0.05) is 21.7 Å². The molecule has 0 unspecified atom stereocenters. The van der Waals surface area contributed by atoms with Gasteiger partial charge in [0.05, 0.1) is 24.1 Å². The van der Waals surface area contributed by atoms with Gasteiger partial charge < -0.3 is 9.47 Å². The Morgan fingerprint density at radius 2 is 2.20 bits per heavy atom. The first-order chi connectivity index (χ1) is 14.4. The number of hydrogen-bond donors (Lipinski definition) is 0. The zero-order chi connectivity index (χ0) is 21.7. The molecule has 9 heteroatoms. The van der Waals surface area contributed by atoms with Crippen molar-refractivity contribution in [1.29, 1.82) is 0 Å². The number of allylic oxidation sites excluding steroid dienone is 1. The van der Waals surface area contributed by atoms with Crippen molar-refractivity contribution in [2.24, 2.45) is 7.05 Å². The van der Waals surface area contributed by atoms with Crippen LogP contribution in [0.1, 0.15) is 29.9 Å². The number of carbonyl (C=O) groups excluding carboxylic acids is 1. The molecule has 0 aliphatic heterocycles. The minimum atomic E-state index is -0.391. The molecule has 30 heavy (non-hydrogen) atoms. The molecule has 156 valence electrons. The van der Waals surface area contributed by atoms with E-state index in [9.17, 15) is 4.79 Å². The average molecular weight is 445 g/mol. The number of aryl methyl sites for hydroxylation is 1. The molecule has 7 nitrogen and oxygen atoms in total. The third kappa shape index (κ3) is 4.77. The van der Waals surface area contributed by atoms with Gasteiger partial charge in [0.25, 0.3) is 0 Å². The molecule has 3 aromatic rings. The molecule has 0 atom stereocenters. The predicted molar refractivity (Wildman–Crippen MR) is 118 cm³/mol. The van der Waals surface area contributed by atoms with Crippen LogP contribution in [0.3, 0.4) is 0 Å². The summed E-state index contributed by atoms with van der Waals surface area (Å²) in [5, 5.41) is 14.3. The first kappa shape index (κ1) is 21.7. The number of thiophene rings is 1. The fraction of sp³-hybridized carbons (Fsp3) is 0.238. The number of rotatable bonds is 8. The molecule has 3 rings (SSSR count). The fourth-order valence-corrected chi connectivity index (χ4v) is 4.25. The van der Waals surface area contributed by atoms with Crippen molar-refractivity contribution in [1.82, 2.24) is 20.2 Å². The molecule has 2 heterocycles. The molecule has 0 spiro atoms. The maximum atomic E-state index is 12.3. The predicted octanol–water partition coefficient (Wildman–Crippen LogP) is 4.69. The lowest BCUT2D eigenvalue weighted by Crippen LogP contribution is -2.07. The quantitative estimate of drug-likeness (QED) is 0.370. The average Bonchev–Trinajstić information content (AvgIpc) is 3.34. The lowest BCUT2D eigenvalue weighted by molar-refractivity contribution is -0.136. The van der Waals surface area contributed by atoms with Crippen molar-refractivity contribution in [3.05, 3.63) is 58.3 Å². The smallest absolute Gasteiger partial charge is 0.339 e. The molecule has 0 bridgehead atoms. The number of aromatic nitrogens is 4. The number of nitrogens with zero attached hydrogens (tertiary/aromatic N) is 4. The molecule has 0 aliphatic carbocycles. The van der Waals surface area contributed by atoms with Crippen molar-refractivity contribution in [2.75, 3.05) is 6.61 Å². The molecular weight excluding hydrogens is 424 g/mol. The molecule has 0 N–H and O–H groups in total. The normalized spacial score (nSPS) is 11.4. The van der Waals surface area contributed by atoms with Crippen molar-refractivity contribution in [2.45, 2.75) is 20.5 Å². The van der Waals surface area contributed by atoms with Crippen LogP contribution < -0.4 is 4.74 Å². The first-order valence-corrected chi connectivity index (χ1v) is 10.5. The summed E-state index contributed by atoms with van der Waals surface area (Å²) < 4.78 is 11.1. The van der Waals surface area contributed by atoms with Gasteiger partial charge in [0.2, 0.25) is 5.82 Å². The highest BCUT2D eigenvalue weighted by Gasteiger charge is 2.22. The number of esters is 1. The maximum absolute atomic E-state index is 12.3. The van der Waals surface area contributed by atoms with Crippen LogP contribution in [0.4, 0.5) is 0 Å². The van der Waals surface area contributed by atoms with E-state index in [4.69, 9.17) is 21.1 Å². The molecule has 0 fully saturated rings. The zero-order valence-corrected chi connectivity index (χ0v) is 18.5. The van der Waals surface area contributed by atoms with E-state index in [0.29, 0.717) is 39.2 Å². The summed E-state index contributed by atoms with van der Waals surface area (Å²) in [6, 6.07) is 7.43. The molecule has 0 saturated carbocycles. The minimum absolute atomic E-state index is 0.259. The summed E-state index contributed by atoms with van der Waals surface area (Å²) in [4.78, 5) is 14.4. The minimum Gasteiger partial charge on any atom is -0.489 e. The van der Waals surface area contributed by atoms with E-state index in [1.165, 1.54) is 16.1 Å². The van der Waals surface area contributed by atoms with Crippen LogP contribution in [0.25, 0.3) is 22.0 Å². The highest BCUT2D eigenvalue weighted by Crippen LogP contribution is 2.36. The summed E-state index contributed by atoms with van der Waals surface area (Å²) in [5.41, 5.74) is 2.78. The SMILES string of the molecule is C=C(Cl)c1c(COc2cccc(-c3nnn(C)n3)c2)csc1/C(=C\C)C(=O)OCC. The first-order valence-electron chi connectivity index (χ1n) is 9.20. The van der Waals surface area contributed by atoms with Crippen LogP contribution in [-0.4, -0.2) is 32.8 Å². The number of hydrogen-bond acceptors (Lipinski definition) is 7. The Labute approximate surface area is 183 Å². The number of tetrazole rings is 1. The second-order valence-electron chi connectivity index (χ2n) is 6.21. The standard InChI is InChI=1S/C21H21ClN4O3S/c1-5-17(21(27)28-6-2)19-18(13(3)22)15(12-30-19)11-29-16-9-7-8-14(10-16)20-23-25-26(4)24-20/h5,7-10,12H,3,6,11H2,1-2,4H3/b17-5+. The van der Waals surface area contributed by atoms with Crippen molar-refractivity contribution in [3.63, 3.8) is 0 Å². The van der Waals surface area contributed by atoms with Gasteiger partial charge in [-0.25, -0.2) is 4.79 Å². The number of benzene rings is 1. The Bertz CT molecular complexity index is 1100. The van der Waals surface area contributed by atoms with Gasteiger partial charge >= 0.3 is 5.97 Å². The Morgan fingerprint density at radius 1 is 1.40 bits per heavy atom. The highest BCUT2D eigenvalue weighted by molar-refractivity contribution is 7.12. The van der Waals surface area contributed by atoms with Crippen LogP contribution in [0.15, 0.2) is 42.3 Å². The Balaban J connectivity index is 1.83. The van der Waals surface area contributed by atoms with E-state index in [1.807, 2.05) is 29.6 Å². The second-order valence-corrected chi connectivity index (χ2v) is 7.55. The summed E-state index contributed by atoms with van der Waals surface area (Å²) >= 11 is 7.68. The van der Waals surface area contributed by atoms with Crippen molar-refractivity contribution >= 4 is 39.5 Å². The fourth-order valence-electron chi connectivity index (χ4n) is 2.83. The van der Waals surface area contributed by atoms with Gasteiger partial charge in [0.1, 0.15) is 12.4 Å². The van der Waals surface area contributed by atoms with E-state index in [1.54, 1.807) is 27.0 Å². The Kier molecular flexibility index (Phi) is 7.02. The van der Waals surface area contributed by atoms with E-state index in [0.717, 1.165) is 11.1 Å². The maximum Gasteiger partial charge on any atom is 0.339 e. The summed E-state index contributed by atoms with van der Waals surface area (Å²) in [6.07, 6.45) is 1.72. The third-order valence-electron chi connectivity index (χ3n) is 4.16. The lowest BCUT2D eigenvalue weighted by atomic mass is 10.1. The van der Waals surface area contributed by atoms with E-state index in [-0.39, 0.29) is 6.61 Å². The van der Waals surface area contributed by atoms with Crippen LogP contribution in [-0.2, 0) is 23.2 Å². The van der Waals surface area contributed by atoms with Crippen LogP contribution >= 0.6 is 22.9 Å². The summed E-state index contributed by atoms with van der Waals surface area (Å²) in [7, 11) is 1.71. The van der Waals surface area contributed by atoms with Crippen molar-refractivity contribution in [3.8, 4) is 17.1 Å². The van der Waals surface area contributed by atoms with E-state index >= 15 is 0 Å². The van der Waals surface area contributed by atoms with Crippen molar-refractivity contribution < 1.29 is 14.3 Å². The van der Waals surface area contributed by atoms with Gasteiger partial charge in [-0.15, -0.1) is 21.5 Å². The molecule has 0 amide bonds. The van der Waals surface area contributed by atoms with Gasteiger partial charge in [-0.3, -0.25) is 0 Å². The van der Waals surface area contributed by atoms with Gasteiger partial charge in [-0.05, 0) is 36.6 Å². The summed E-state index contributed by atoms with van der Waals surface area (Å²) in [5.74, 6) is 0.774. The Hall–Kier alpha value is -2.97. The largest absolute Gasteiger partial charge is 0.489 e. The molecule has 0 saturated heterocycles. The highest BCUT2D eigenvalue weighted by atomic mass is 35.5. The van der Waals surface area contributed by atoms with Gasteiger partial charge in [-0.2, -0.15) is 4.80 Å². The second kappa shape index (κ2) is 9.69. The molecule has 1 aromatic carbocycles. The van der Waals surface area contributed by atoms with Crippen LogP contribution in [0, 0.1) is 0 Å². The molecule has 0 aliphatic rings. The van der Waals surface area contributed by atoms with Gasteiger partial charge in [-0.1, -0.05) is 36.4 Å². The lowest BCUT2D eigenvalue weighted by Gasteiger charge is -2.10. The van der Waals surface area contributed by atoms with E-state index < -0.39 is 5.97 Å². The third-order valence-corrected chi connectivity index (χ3v) is 5.41. The monoisotopic (exact) mass is 444 g/mol. The topological polar surface area (TPSA) is 79.1 Å². The number of carbonyl (C=O) groups is 1. The summed E-state index contributed by atoms with van der Waals surface area (Å²) in [6.45, 7) is 7.97. The van der Waals surface area contributed by atoms with Crippen LogP contribution in [0.5, 0.6) is 5.75 Å². The number of ether oxygens (including phenoxy) is 2.